The molecule has 18 heavy (non-hydrogen) atoms. The number of hydrogen-bond donors (Lipinski definition) is 0. The van der Waals surface area contributed by atoms with Gasteiger partial charge in [-0.2, -0.15) is 0 Å². The molecule has 3 heteroatoms. The summed E-state index contributed by atoms with van der Waals surface area (Å²) >= 11 is 1.72. The maximum atomic E-state index is 4.78. The quantitative estimate of drug-likeness (QED) is 0.790. The standard InChI is InChI=1S/C15H20N2S/c1-5-6-17-13(4)10-18-15(17)16-14-8-11(2)7-12(3)9-14/h7-10H,5-6H2,1-4H3. The molecule has 0 aliphatic carbocycles. The van der Waals surface area contributed by atoms with Crippen LogP contribution in [-0.4, -0.2) is 4.57 Å². The van der Waals surface area contributed by atoms with Gasteiger partial charge in [0.25, 0.3) is 0 Å². The molecule has 0 atom stereocenters. The topological polar surface area (TPSA) is 17.3 Å². The first-order chi connectivity index (χ1) is 8.60. The van der Waals surface area contributed by atoms with E-state index in [1.807, 2.05) is 0 Å². The highest BCUT2D eigenvalue weighted by molar-refractivity contribution is 7.07. The van der Waals surface area contributed by atoms with Gasteiger partial charge >= 0.3 is 0 Å². The summed E-state index contributed by atoms with van der Waals surface area (Å²) in [6.07, 6.45) is 1.14. The fourth-order valence-electron chi connectivity index (χ4n) is 2.12. The van der Waals surface area contributed by atoms with E-state index in [0.29, 0.717) is 0 Å². The molecule has 0 amide bonds. The van der Waals surface area contributed by atoms with Gasteiger partial charge in [0.1, 0.15) is 0 Å². The van der Waals surface area contributed by atoms with Gasteiger partial charge in [0.2, 0.25) is 0 Å². The van der Waals surface area contributed by atoms with E-state index < -0.39 is 0 Å². The summed E-state index contributed by atoms with van der Waals surface area (Å²) in [5.41, 5.74) is 4.89. The van der Waals surface area contributed by atoms with Crippen molar-refractivity contribution >= 4 is 17.0 Å². The Labute approximate surface area is 113 Å². The summed E-state index contributed by atoms with van der Waals surface area (Å²) in [5, 5.41) is 2.18. The van der Waals surface area contributed by atoms with Crippen molar-refractivity contribution in [2.24, 2.45) is 4.99 Å². The van der Waals surface area contributed by atoms with Crippen molar-refractivity contribution in [1.29, 1.82) is 0 Å². The maximum Gasteiger partial charge on any atom is 0.190 e. The van der Waals surface area contributed by atoms with Crippen molar-refractivity contribution in [3.63, 3.8) is 0 Å². The fraction of sp³-hybridized carbons (Fsp3) is 0.400. The molecule has 1 aromatic heterocycles. The zero-order valence-electron chi connectivity index (χ0n) is 11.5. The summed E-state index contributed by atoms with van der Waals surface area (Å²) in [6.45, 7) is 9.62. The summed E-state index contributed by atoms with van der Waals surface area (Å²) in [4.78, 5) is 5.88. The van der Waals surface area contributed by atoms with Crippen LogP contribution in [0.2, 0.25) is 0 Å². The first-order valence-corrected chi connectivity index (χ1v) is 7.26. The monoisotopic (exact) mass is 260 g/mol. The minimum absolute atomic E-state index is 1.04. The second-order valence-electron chi connectivity index (χ2n) is 4.77. The van der Waals surface area contributed by atoms with Crippen LogP contribution < -0.4 is 4.80 Å². The van der Waals surface area contributed by atoms with Crippen molar-refractivity contribution in [2.75, 3.05) is 0 Å². The lowest BCUT2D eigenvalue weighted by atomic mass is 10.1. The molecule has 0 bridgehead atoms. The molecule has 0 N–H and O–H groups in total. The maximum absolute atomic E-state index is 4.78. The van der Waals surface area contributed by atoms with Gasteiger partial charge in [0.15, 0.2) is 4.80 Å². The lowest BCUT2D eigenvalue weighted by Gasteiger charge is -2.03. The van der Waals surface area contributed by atoms with E-state index >= 15 is 0 Å². The predicted octanol–water partition coefficient (Wildman–Crippen LogP) is 4.12. The molecule has 96 valence electrons. The molecular formula is C15H20N2S. The predicted molar refractivity (Wildman–Crippen MR) is 78.5 cm³/mol. The van der Waals surface area contributed by atoms with Gasteiger partial charge in [-0.1, -0.05) is 13.0 Å². The number of benzene rings is 1. The van der Waals surface area contributed by atoms with E-state index in [4.69, 9.17) is 4.99 Å². The summed E-state index contributed by atoms with van der Waals surface area (Å²) in [5.74, 6) is 0. The summed E-state index contributed by atoms with van der Waals surface area (Å²) in [6, 6.07) is 6.45. The molecule has 2 aromatic rings. The molecule has 2 nitrogen and oxygen atoms in total. The van der Waals surface area contributed by atoms with Crippen molar-refractivity contribution < 1.29 is 0 Å². The molecule has 1 heterocycles. The van der Waals surface area contributed by atoms with Gasteiger partial charge in [0, 0.05) is 17.6 Å². The Morgan fingerprint density at radius 3 is 2.39 bits per heavy atom. The molecule has 0 saturated carbocycles. The highest BCUT2D eigenvalue weighted by Gasteiger charge is 2.00. The van der Waals surface area contributed by atoms with Gasteiger partial charge in [-0.05, 0) is 50.5 Å². The molecule has 0 spiro atoms. The molecule has 1 aromatic carbocycles. The van der Waals surface area contributed by atoms with Crippen LogP contribution in [-0.2, 0) is 6.54 Å². The van der Waals surface area contributed by atoms with Crippen LogP contribution in [0.4, 0.5) is 5.69 Å². The smallest absolute Gasteiger partial charge is 0.190 e. The normalized spacial score (nSPS) is 12.1. The molecule has 2 rings (SSSR count). The molecule has 0 aliphatic rings. The molecule has 0 radical (unpaired) electrons. The van der Waals surface area contributed by atoms with Gasteiger partial charge in [-0.3, -0.25) is 0 Å². The van der Waals surface area contributed by atoms with E-state index in [1.165, 1.54) is 16.8 Å². The van der Waals surface area contributed by atoms with Crippen molar-refractivity contribution in [3.8, 4) is 0 Å². The third-order valence-electron chi connectivity index (χ3n) is 2.87. The van der Waals surface area contributed by atoms with Crippen LogP contribution in [0.5, 0.6) is 0 Å². The zero-order valence-corrected chi connectivity index (χ0v) is 12.3. The van der Waals surface area contributed by atoms with Crippen LogP contribution >= 0.6 is 11.3 Å². The Bertz CT molecular complexity index is 585. The molecular weight excluding hydrogens is 240 g/mol. The van der Waals surface area contributed by atoms with Gasteiger partial charge in [-0.15, -0.1) is 11.3 Å². The van der Waals surface area contributed by atoms with Gasteiger partial charge in [-0.25, -0.2) is 4.99 Å². The lowest BCUT2D eigenvalue weighted by Crippen LogP contribution is -2.15. The van der Waals surface area contributed by atoms with Crippen LogP contribution in [0.3, 0.4) is 0 Å². The molecule has 0 saturated heterocycles. The van der Waals surface area contributed by atoms with Crippen LogP contribution in [0.1, 0.15) is 30.2 Å². The second-order valence-corrected chi connectivity index (χ2v) is 5.61. The number of thiazole rings is 1. The third-order valence-corrected chi connectivity index (χ3v) is 3.85. The Morgan fingerprint density at radius 2 is 1.78 bits per heavy atom. The van der Waals surface area contributed by atoms with Crippen LogP contribution in [0, 0.1) is 20.8 Å². The number of hydrogen-bond acceptors (Lipinski definition) is 2. The van der Waals surface area contributed by atoms with Crippen LogP contribution in [0.15, 0.2) is 28.6 Å². The van der Waals surface area contributed by atoms with E-state index in [1.54, 1.807) is 11.3 Å². The van der Waals surface area contributed by atoms with E-state index in [9.17, 15) is 0 Å². The van der Waals surface area contributed by atoms with Crippen molar-refractivity contribution in [3.05, 3.63) is 45.2 Å². The van der Waals surface area contributed by atoms with E-state index in [2.05, 4.69) is 55.8 Å². The average Bonchev–Trinajstić information content (AvgIpc) is 2.60. The minimum Gasteiger partial charge on any atom is -0.321 e. The Kier molecular flexibility index (Phi) is 4.02. The number of nitrogens with zero attached hydrogens (tertiary/aromatic N) is 2. The lowest BCUT2D eigenvalue weighted by molar-refractivity contribution is 0.644. The van der Waals surface area contributed by atoms with Crippen LogP contribution in [0.25, 0.3) is 0 Å². The molecule has 0 fully saturated rings. The molecule has 0 aliphatic heterocycles. The number of aryl methyl sites for hydroxylation is 3. The zero-order chi connectivity index (χ0) is 13.1. The summed E-state index contributed by atoms with van der Waals surface area (Å²) in [7, 11) is 0. The average molecular weight is 260 g/mol. The molecule has 0 unspecified atom stereocenters. The van der Waals surface area contributed by atoms with Gasteiger partial charge in [0.05, 0.1) is 5.69 Å². The first-order valence-electron chi connectivity index (χ1n) is 6.38. The third kappa shape index (κ3) is 2.91. The Hall–Kier alpha value is -1.35. The highest BCUT2D eigenvalue weighted by atomic mass is 32.1. The fourth-order valence-corrected chi connectivity index (χ4v) is 3.05. The van der Waals surface area contributed by atoms with Gasteiger partial charge < -0.3 is 4.57 Å². The second kappa shape index (κ2) is 5.53. The van der Waals surface area contributed by atoms with Crippen molar-refractivity contribution in [1.82, 2.24) is 4.57 Å². The SMILES string of the molecule is CCCn1c(C)csc1=Nc1cc(C)cc(C)c1. The van der Waals surface area contributed by atoms with E-state index in [0.717, 1.165) is 23.5 Å². The van der Waals surface area contributed by atoms with E-state index in [-0.39, 0.29) is 0 Å². The minimum atomic E-state index is 1.04. The summed E-state index contributed by atoms with van der Waals surface area (Å²) < 4.78 is 2.29. The Morgan fingerprint density at radius 1 is 1.11 bits per heavy atom. The number of rotatable bonds is 3. The first kappa shape index (κ1) is 13.1. The highest BCUT2D eigenvalue weighted by Crippen LogP contribution is 2.16. The Balaban J connectivity index is 2.50. The largest absolute Gasteiger partial charge is 0.321 e. The van der Waals surface area contributed by atoms with Crippen molar-refractivity contribution in [2.45, 2.75) is 40.7 Å². The number of aromatic nitrogens is 1.